The van der Waals surface area contributed by atoms with Crippen LogP contribution in [0.1, 0.15) is 31.0 Å². The highest BCUT2D eigenvalue weighted by atomic mass is 79.9. The van der Waals surface area contributed by atoms with E-state index in [0.29, 0.717) is 5.92 Å². The molecule has 0 amide bonds. The van der Waals surface area contributed by atoms with E-state index in [-0.39, 0.29) is 6.04 Å². The first-order chi connectivity index (χ1) is 7.77. The normalized spacial score (nSPS) is 19.6. The fourth-order valence-corrected chi connectivity index (χ4v) is 2.67. The Morgan fingerprint density at radius 1 is 1.50 bits per heavy atom. The Labute approximate surface area is 105 Å². The molecule has 4 heteroatoms. The SMILES string of the molecule is NC(CC1CCOCC1)c1ncccc1Br. The third-order valence-corrected chi connectivity index (χ3v) is 3.74. The number of ether oxygens (including phenoxy) is 1. The van der Waals surface area contributed by atoms with Gasteiger partial charge in [-0.25, -0.2) is 0 Å². The second kappa shape index (κ2) is 5.75. The van der Waals surface area contributed by atoms with Crippen molar-refractivity contribution in [1.82, 2.24) is 4.98 Å². The van der Waals surface area contributed by atoms with Gasteiger partial charge in [-0.2, -0.15) is 0 Å². The van der Waals surface area contributed by atoms with Crippen molar-refractivity contribution in [3.8, 4) is 0 Å². The zero-order chi connectivity index (χ0) is 11.4. The van der Waals surface area contributed by atoms with Crippen LogP contribution in [-0.2, 0) is 4.74 Å². The van der Waals surface area contributed by atoms with Crippen LogP contribution in [0.5, 0.6) is 0 Å². The fraction of sp³-hybridized carbons (Fsp3) is 0.583. The molecule has 1 aromatic heterocycles. The molecule has 88 valence electrons. The summed E-state index contributed by atoms with van der Waals surface area (Å²) in [5.41, 5.74) is 7.16. The Morgan fingerprint density at radius 3 is 2.94 bits per heavy atom. The lowest BCUT2D eigenvalue weighted by molar-refractivity contribution is 0.0617. The van der Waals surface area contributed by atoms with Gasteiger partial charge in [0.25, 0.3) is 0 Å². The van der Waals surface area contributed by atoms with Gasteiger partial charge >= 0.3 is 0 Å². The van der Waals surface area contributed by atoms with Crippen LogP contribution in [0.25, 0.3) is 0 Å². The number of halogens is 1. The Kier molecular flexibility index (Phi) is 4.32. The highest BCUT2D eigenvalue weighted by Gasteiger charge is 2.19. The molecule has 2 heterocycles. The van der Waals surface area contributed by atoms with Gasteiger partial charge in [0.15, 0.2) is 0 Å². The standard InChI is InChI=1S/C12H17BrN2O/c13-10-2-1-5-15-12(10)11(14)8-9-3-6-16-7-4-9/h1-2,5,9,11H,3-4,6-8,14H2. The highest BCUT2D eigenvalue weighted by molar-refractivity contribution is 9.10. The minimum atomic E-state index is 0.0266. The lowest BCUT2D eigenvalue weighted by atomic mass is 9.91. The van der Waals surface area contributed by atoms with Crippen molar-refractivity contribution in [2.24, 2.45) is 11.7 Å². The summed E-state index contributed by atoms with van der Waals surface area (Å²) in [5, 5.41) is 0. The average molecular weight is 285 g/mol. The molecule has 0 aromatic carbocycles. The summed E-state index contributed by atoms with van der Waals surface area (Å²) in [5.74, 6) is 0.678. The molecule has 0 spiro atoms. The number of pyridine rings is 1. The van der Waals surface area contributed by atoms with E-state index < -0.39 is 0 Å². The van der Waals surface area contributed by atoms with Crippen LogP contribution in [0, 0.1) is 5.92 Å². The summed E-state index contributed by atoms with van der Waals surface area (Å²) in [6.45, 7) is 1.75. The molecule has 1 fully saturated rings. The predicted octanol–water partition coefficient (Wildman–Crippen LogP) is 2.66. The van der Waals surface area contributed by atoms with Gasteiger partial charge in [-0.15, -0.1) is 0 Å². The van der Waals surface area contributed by atoms with Gasteiger partial charge in [0.05, 0.1) is 5.69 Å². The monoisotopic (exact) mass is 284 g/mol. The molecule has 0 bridgehead atoms. The molecule has 1 aliphatic rings. The highest BCUT2D eigenvalue weighted by Crippen LogP contribution is 2.28. The lowest BCUT2D eigenvalue weighted by Crippen LogP contribution is -2.22. The van der Waals surface area contributed by atoms with Crippen LogP contribution in [-0.4, -0.2) is 18.2 Å². The maximum atomic E-state index is 6.19. The van der Waals surface area contributed by atoms with E-state index >= 15 is 0 Å². The van der Waals surface area contributed by atoms with Gasteiger partial charge in [-0.1, -0.05) is 0 Å². The third-order valence-electron chi connectivity index (χ3n) is 3.07. The molecular formula is C12H17BrN2O. The van der Waals surface area contributed by atoms with Crippen molar-refractivity contribution in [2.75, 3.05) is 13.2 Å². The first-order valence-electron chi connectivity index (χ1n) is 5.71. The molecule has 0 aliphatic carbocycles. The predicted molar refractivity (Wildman–Crippen MR) is 67.0 cm³/mol. The van der Waals surface area contributed by atoms with Crippen molar-refractivity contribution < 1.29 is 4.74 Å². The van der Waals surface area contributed by atoms with Crippen LogP contribution in [0.3, 0.4) is 0 Å². The Morgan fingerprint density at radius 2 is 2.25 bits per heavy atom. The number of hydrogen-bond donors (Lipinski definition) is 1. The van der Waals surface area contributed by atoms with Crippen molar-refractivity contribution in [3.05, 3.63) is 28.5 Å². The minimum Gasteiger partial charge on any atom is -0.381 e. The number of hydrogen-bond acceptors (Lipinski definition) is 3. The number of rotatable bonds is 3. The van der Waals surface area contributed by atoms with E-state index in [1.807, 2.05) is 12.1 Å². The molecule has 2 rings (SSSR count). The van der Waals surface area contributed by atoms with Crippen LogP contribution in [0.15, 0.2) is 22.8 Å². The van der Waals surface area contributed by atoms with E-state index in [2.05, 4.69) is 20.9 Å². The molecule has 1 aliphatic heterocycles. The first kappa shape index (κ1) is 12.0. The number of nitrogens with zero attached hydrogens (tertiary/aromatic N) is 1. The van der Waals surface area contributed by atoms with E-state index in [4.69, 9.17) is 10.5 Å². The number of aromatic nitrogens is 1. The molecule has 1 atom stereocenters. The van der Waals surface area contributed by atoms with Gasteiger partial charge in [-0.05, 0) is 53.2 Å². The maximum Gasteiger partial charge on any atom is 0.0712 e. The molecule has 0 saturated carbocycles. The smallest absolute Gasteiger partial charge is 0.0712 e. The number of nitrogens with two attached hydrogens (primary N) is 1. The van der Waals surface area contributed by atoms with E-state index in [1.165, 1.54) is 0 Å². The molecule has 1 aromatic rings. The van der Waals surface area contributed by atoms with Gasteiger partial charge in [-0.3, -0.25) is 4.98 Å². The summed E-state index contributed by atoms with van der Waals surface area (Å²) < 4.78 is 6.35. The zero-order valence-corrected chi connectivity index (χ0v) is 10.8. The topological polar surface area (TPSA) is 48.1 Å². The summed E-state index contributed by atoms with van der Waals surface area (Å²) in [4.78, 5) is 4.34. The van der Waals surface area contributed by atoms with Crippen LogP contribution in [0.2, 0.25) is 0 Å². The average Bonchev–Trinajstić information content (AvgIpc) is 2.31. The largest absolute Gasteiger partial charge is 0.381 e. The molecule has 3 nitrogen and oxygen atoms in total. The summed E-state index contributed by atoms with van der Waals surface area (Å²) >= 11 is 3.49. The van der Waals surface area contributed by atoms with E-state index in [1.54, 1.807) is 6.20 Å². The summed E-state index contributed by atoms with van der Waals surface area (Å²) in [7, 11) is 0. The zero-order valence-electron chi connectivity index (χ0n) is 9.23. The third kappa shape index (κ3) is 3.03. The summed E-state index contributed by atoms with van der Waals surface area (Å²) in [6, 6.07) is 3.93. The molecule has 0 radical (unpaired) electrons. The lowest BCUT2D eigenvalue weighted by Gasteiger charge is -2.24. The molecule has 1 unspecified atom stereocenters. The summed E-state index contributed by atoms with van der Waals surface area (Å²) in [6.07, 6.45) is 5.04. The van der Waals surface area contributed by atoms with Crippen LogP contribution >= 0.6 is 15.9 Å². The van der Waals surface area contributed by atoms with Crippen molar-refractivity contribution in [3.63, 3.8) is 0 Å². The van der Waals surface area contributed by atoms with Gasteiger partial charge in [0, 0.05) is 29.9 Å². The Hall–Kier alpha value is -0.450. The van der Waals surface area contributed by atoms with Gasteiger partial charge < -0.3 is 10.5 Å². The van der Waals surface area contributed by atoms with Crippen LogP contribution in [0.4, 0.5) is 0 Å². The maximum absolute atomic E-state index is 6.19. The van der Waals surface area contributed by atoms with E-state index in [0.717, 1.165) is 42.6 Å². The minimum absolute atomic E-state index is 0.0266. The van der Waals surface area contributed by atoms with Gasteiger partial charge in [0.2, 0.25) is 0 Å². The molecule has 1 saturated heterocycles. The molecule has 2 N–H and O–H groups in total. The van der Waals surface area contributed by atoms with Crippen molar-refractivity contribution in [2.45, 2.75) is 25.3 Å². The quantitative estimate of drug-likeness (QED) is 0.928. The van der Waals surface area contributed by atoms with Crippen LogP contribution < -0.4 is 5.73 Å². The van der Waals surface area contributed by atoms with E-state index in [9.17, 15) is 0 Å². The van der Waals surface area contributed by atoms with Crippen molar-refractivity contribution >= 4 is 15.9 Å². The second-order valence-corrected chi connectivity index (χ2v) is 5.12. The van der Waals surface area contributed by atoms with Crippen molar-refractivity contribution in [1.29, 1.82) is 0 Å². The Balaban J connectivity index is 1.96. The molecular weight excluding hydrogens is 268 g/mol. The Bertz CT molecular complexity index is 340. The second-order valence-electron chi connectivity index (χ2n) is 4.27. The molecule has 16 heavy (non-hydrogen) atoms. The first-order valence-corrected chi connectivity index (χ1v) is 6.50. The fourth-order valence-electron chi connectivity index (χ4n) is 2.12. The van der Waals surface area contributed by atoms with Gasteiger partial charge in [0.1, 0.15) is 0 Å².